The van der Waals surface area contributed by atoms with E-state index in [1.807, 2.05) is 30.3 Å². The molecule has 0 spiro atoms. The smallest absolute Gasteiger partial charge is 0.227 e. The largest absolute Gasteiger partial charge is 0.493 e. The van der Waals surface area contributed by atoms with Crippen LogP contribution in [0.1, 0.15) is 17.7 Å². The Morgan fingerprint density at radius 2 is 1.89 bits per heavy atom. The van der Waals surface area contributed by atoms with Crippen LogP contribution in [-0.4, -0.2) is 17.5 Å². The van der Waals surface area contributed by atoms with Gasteiger partial charge in [0, 0.05) is 17.4 Å². The van der Waals surface area contributed by atoms with Gasteiger partial charge in [0.25, 0.3) is 0 Å². The summed E-state index contributed by atoms with van der Waals surface area (Å²) in [6.45, 7) is 0.205. The predicted octanol–water partition coefficient (Wildman–Crippen LogP) is 4.03. The van der Waals surface area contributed by atoms with Crippen LogP contribution >= 0.6 is 0 Å². The lowest BCUT2D eigenvalue weighted by Gasteiger charge is -2.07. The van der Waals surface area contributed by atoms with Crippen LogP contribution in [0.25, 0.3) is 0 Å². The molecule has 0 unspecified atom stereocenters. The van der Waals surface area contributed by atoms with Crippen LogP contribution in [0.3, 0.4) is 0 Å². The molecule has 0 aliphatic rings. The lowest BCUT2D eigenvalue weighted by molar-refractivity contribution is -0.116. The van der Waals surface area contributed by atoms with Crippen molar-refractivity contribution in [2.45, 2.75) is 6.42 Å². The van der Waals surface area contributed by atoms with E-state index in [2.05, 4.69) is 22.1 Å². The fraction of sp³-hybridized carbons (Fsp3) is 0.0909. The number of halogens is 1. The Hall–Kier alpha value is -3.65. The Balaban J connectivity index is 1.52. The lowest BCUT2D eigenvalue weighted by Crippen LogP contribution is -2.15. The number of anilines is 1. The van der Waals surface area contributed by atoms with Gasteiger partial charge in [0.15, 0.2) is 0 Å². The normalized spacial score (nSPS) is 9.81. The van der Waals surface area contributed by atoms with Crippen molar-refractivity contribution in [3.8, 4) is 17.6 Å². The van der Waals surface area contributed by atoms with Crippen LogP contribution < -0.4 is 10.1 Å². The highest BCUT2D eigenvalue weighted by molar-refractivity contribution is 5.90. The zero-order valence-electron chi connectivity index (χ0n) is 14.5. The first kappa shape index (κ1) is 18.2. The first-order valence-corrected chi connectivity index (χ1v) is 8.40. The topological polar surface area (TPSA) is 51.2 Å². The van der Waals surface area contributed by atoms with Crippen molar-refractivity contribution in [1.82, 2.24) is 4.98 Å². The Morgan fingerprint density at radius 1 is 1.04 bits per heavy atom. The van der Waals surface area contributed by atoms with Gasteiger partial charge >= 0.3 is 0 Å². The summed E-state index contributed by atoms with van der Waals surface area (Å²) in [4.78, 5) is 16.2. The van der Waals surface area contributed by atoms with E-state index in [4.69, 9.17) is 4.74 Å². The molecule has 0 saturated carbocycles. The zero-order valence-corrected chi connectivity index (χ0v) is 14.5. The molecule has 0 bridgehead atoms. The van der Waals surface area contributed by atoms with Gasteiger partial charge in [0.1, 0.15) is 17.3 Å². The molecule has 4 nitrogen and oxygen atoms in total. The number of hydrogen-bond donors (Lipinski definition) is 1. The number of carbonyl (C=O) groups excluding carboxylic acids is 1. The third-order valence-electron chi connectivity index (χ3n) is 3.56. The Bertz CT molecular complexity index is 961. The third kappa shape index (κ3) is 5.98. The van der Waals surface area contributed by atoms with E-state index in [1.54, 1.807) is 18.3 Å². The second-order valence-corrected chi connectivity index (χ2v) is 5.65. The van der Waals surface area contributed by atoms with E-state index < -0.39 is 0 Å². The molecule has 0 aliphatic heterocycles. The molecule has 0 radical (unpaired) electrons. The summed E-state index contributed by atoms with van der Waals surface area (Å²) in [5.41, 5.74) is 2.13. The molecule has 3 aromatic rings. The molecule has 0 aliphatic carbocycles. The van der Waals surface area contributed by atoms with Crippen LogP contribution in [0.4, 0.5) is 10.1 Å². The van der Waals surface area contributed by atoms with Gasteiger partial charge in [0.2, 0.25) is 5.91 Å². The molecule has 134 valence electrons. The number of carbonyl (C=O) groups is 1. The van der Waals surface area contributed by atoms with Gasteiger partial charge in [-0.15, -0.1) is 0 Å². The number of ether oxygens (including phenoxy) is 1. The minimum absolute atomic E-state index is 0.174. The minimum Gasteiger partial charge on any atom is -0.493 e. The maximum atomic E-state index is 12.8. The summed E-state index contributed by atoms with van der Waals surface area (Å²) >= 11 is 0. The Labute approximate surface area is 157 Å². The number of rotatable bonds is 5. The summed E-state index contributed by atoms with van der Waals surface area (Å²) in [5, 5.41) is 2.81. The van der Waals surface area contributed by atoms with Crippen molar-refractivity contribution in [3.63, 3.8) is 0 Å². The van der Waals surface area contributed by atoms with Crippen molar-refractivity contribution in [2.75, 3.05) is 11.9 Å². The van der Waals surface area contributed by atoms with Crippen LogP contribution in [0, 0.1) is 17.7 Å². The van der Waals surface area contributed by atoms with Crippen molar-refractivity contribution < 1.29 is 13.9 Å². The van der Waals surface area contributed by atoms with Crippen LogP contribution in [-0.2, 0) is 4.79 Å². The van der Waals surface area contributed by atoms with Gasteiger partial charge in [-0.3, -0.25) is 4.79 Å². The highest BCUT2D eigenvalue weighted by Gasteiger charge is 2.04. The average Bonchev–Trinajstić information content (AvgIpc) is 2.69. The van der Waals surface area contributed by atoms with Crippen LogP contribution in [0.2, 0.25) is 0 Å². The van der Waals surface area contributed by atoms with Gasteiger partial charge in [-0.1, -0.05) is 18.1 Å². The van der Waals surface area contributed by atoms with Gasteiger partial charge in [-0.05, 0) is 60.5 Å². The van der Waals surface area contributed by atoms with Gasteiger partial charge in [-0.2, -0.15) is 0 Å². The van der Waals surface area contributed by atoms with Crippen LogP contribution in [0.5, 0.6) is 5.75 Å². The summed E-state index contributed by atoms with van der Waals surface area (Å²) in [7, 11) is 0. The first-order chi connectivity index (χ1) is 13.2. The molecule has 5 heteroatoms. The minimum atomic E-state index is -0.328. The molecule has 0 atom stereocenters. The number of nitrogens with one attached hydrogen (secondary N) is 1. The number of pyridine rings is 1. The van der Waals surface area contributed by atoms with Gasteiger partial charge < -0.3 is 10.1 Å². The maximum absolute atomic E-state index is 12.8. The van der Waals surface area contributed by atoms with E-state index in [1.165, 1.54) is 24.3 Å². The zero-order chi connectivity index (χ0) is 18.9. The van der Waals surface area contributed by atoms with E-state index in [9.17, 15) is 9.18 Å². The summed E-state index contributed by atoms with van der Waals surface area (Å²) in [6, 6.07) is 18.5. The quantitative estimate of drug-likeness (QED) is 0.699. The maximum Gasteiger partial charge on any atom is 0.227 e. The van der Waals surface area contributed by atoms with Crippen molar-refractivity contribution >= 4 is 11.6 Å². The van der Waals surface area contributed by atoms with E-state index in [0.717, 1.165) is 5.56 Å². The van der Waals surface area contributed by atoms with Crippen molar-refractivity contribution in [3.05, 3.63) is 90.0 Å². The molecule has 1 aromatic heterocycles. The summed E-state index contributed by atoms with van der Waals surface area (Å²) in [6.07, 6.45) is 1.87. The molecule has 1 N–H and O–H groups in total. The standard InChI is InChI=1S/C22H17FN2O2/c23-18-8-11-21(12-9-18)27-15-13-22(26)25-20-6-3-4-17(16-20)7-10-19-5-1-2-14-24-19/h1-6,8-9,11-12,14,16H,13,15H2,(H,25,26). The molecule has 1 amide bonds. The number of aromatic nitrogens is 1. The fourth-order valence-corrected chi connectivity index (χ4v) is 2.26. The molecule has 0 fully saturated rings. The highest BCUT2D eigenvalue weighted by atomic mass is 19.1. The molecule has 3 rings (SSSR count). The monoisotopic (exact) mass is 360 g/mol. The van der Waals surface area contributed by atoms with E-state index >= 15 is 0 Å². The third-order valence-corrected chi connectivity index (χ3v) is 3.56. The number of hydrogen-bond acceptors (Lipinski definition) is 3. The molecule has 0 saturated heterocycles. The second kappa shape index (κ2) is 9.16. The fourth-order valence-electron chi connectivity index (χ4n) is 2.26. The van der Waals surface area contributed by atoms with Gasteiger partial charge in [-0.25, -0.2) is 9.37 Å². The predicted molar refractivity (Wildman–Crippen MR) is 102 cm³/mol. The Morgan fingerprint density at radius 3 is 2.67 bits per heavy atom. The second-order valence-electron chi connectivity index (χ2n) is 5.65. The summed E-state index contributed by atoms with van der Waals surface area (Å²) < 4.78 is 18.3. The number of nitrogens with zero attached hydrogens (tertiary/aromatic N) is 1. The number of benzene rings is 2. The molecule has 1 heterocycles. The lowest BCUT2D eigenvalue weighted by atomic mass is 10.2. The average molecular weight is 360 g/mol. The van der Waals surface area contributed by atoms with E-state index in [-0.39, 0.29) is 24.8 Å². The SMILES string of the molecule is O=C(CCOc1ccc(F)cc1)Nc1cccc(C#Cc2ccccn2)c1. The van der Waals surface area contributed by atoms with Crippen molar-refractivity contribution in [2.24, 2.45) is 0 Å². The van der Waals surface area contributed by atoms with E-state index in [0.29, 0.717) is 17.1 Å². The Kier molecular flexibility index (Phi) is 6.16. The molecular weight excluding hydrogens is 343 g/mol. The molecular formula is C22H17FN2O2. The molecule has 2 aromatic carbocycles. The summed E-state index contributed by atoms with van der Waals surface area (Å²) in [5.74, 6) is 6.02. The molecule has 27 heavy (non-hydrogen) atoms. The highest BCUT2D eigenvalue weighted by Crippen LogP contribution is 2.13. The number of amides is 1. The van der Waals surface area contributed by atoms with Crippen LogP contribution in [0.15, 0.2) is 72.9 Å². The van der Waals surface area contributed by atoms with Gasteiger partial charge in [0.05, 0.1) is 13.0 Å². The first-order valence-electron chi connectivity index (χ1n) is 8.40. The van der Waals surface area contributed by atoms with Crippen molar-refractivity contribution in [1.29, 1.82) is 0 Å².